The SMILES string of the molecule is Cc1c(Cl)cccc1-n1ncc2c1NC(=O)C[C@H]2c1cc(F)ccc1F. The number of amides is 1. The Morgan fingerprint density at radius 1 is 1.23 bits per heavy atom. The molecule has 1 aliphatic heterocycles. The van der Waals surface area contributed by atoms with Crippen LogP contribution in [-0.2, 0) is 4.79 Å². The highest BCUT2D eigenvalue weighted by molar-refractivity contribution is 6.31. The van der Waals surface area contributed by atoms with Gasteiger partial charge in [-0.25, -0.2) is 13.5 Å². The molecule has 132 valence electrons. The molecule has 0 unspecified atom stereocenters. The number of carbonyl (C=O) groups is 1. The Bertz CT molecular complexity index is 1030. The summed E-state index contributed by atoms with van der Waals surface area (Å²) in [5.41, 5.74) is 2.28. The van der Waals surface area contributed by atoms with Crippen molar-refractivity contribution in [2.75, 3.05) is 5.32 Å². The summed E-state index contributed by atoms with van der Waals surface area (Å²) in [4.78, 5) is 12.2. The molecule has 7 heteroatoms. The fourth-order valence-electron chi connectivity index (χ4n) is 3.29. The Labute approximate surface area is 153 Å². The number of fused-ring (bicyclic) bond motifs is 1. The molecule has 0 spiro atoms. The van der Waals surface area contributed by atoms with Crippen molar-refractivity contribution in [3.05, 3.63) is 75.9 Å². The van der Waals surface area contributed by atoms with Crippen molar-refractivity contribution in [3.8, 4) is 5.69 Å². The van der Waals surface area contributed by atoms with Crippen molar-refractivity contribution in [3.63, 3.8) is 0 Å². The topological polar surface area (TPSA) is 46.9 Å². The van der Waals surface area contributed by atoms with Gasteiger partial charge in [0.05, 0.1) is 11.9 Å². The zero-order chi connectivity index (χ0) is 18.4. The first-order valence-electron chi connectivity index (χ1n) is 8.04. The van der Waals surface area contributed by atoms with Crippen LogP contribution in [0.3, 0.4) is 0 Å². The van der Waals surface area contributed by atoms with Gasteiger partial charge in [-0.3, -0.25) is 4.79 Å². The van der Waals surface area contributed by atoms with Crippen LogP contribution in [0.4, 0.5) is 14.6 Å². The fourth-order valence-corrected chi connectivity index (χ4v) is 3.46. The molecule has 4 nitrogen and oxygen atoms in total. The molecule has 0 saturated heterocycles. The Morgan fingerprint density at radius 3 is 2.85 bits per heavy atom. The van der Waals surface area contributed by atoms with Crippen molar-refractivity contribution in [1.82, 2.24) is 9.78 Å². The molecule has 1 aliphatic rings. The van der Waals surface area contributed by atoms with E-state index in [0.29, 0.717) is 22.1 Å². The summed E-state index contributed by atoms with van der Waals surface area (Å²) >= 11 is 6.19. The summed E-state index contributed by atoms with van der Waals surface area (Å²) in [5, 5.41) is 7.72. The molecular formula is C19H14ClF2N3O. The number of hydrogen-bond donors (Lipinski definition) is 1. The number of nitrogens with one attached hydrogen (secondary N) is 1. The maximum Gasteiger partial charge on any atom is 0.226 e. The second-order valence-corrected chi connectivity index (χ2v) is 6.62. The molecule has 2 aromatic carbocycles. The molecule has 26 heavy (non-hydrogen) atoms. The third-order valence-corrected chi connectivity index (χ3v) is 5.03. The van der Waals surface area contributed by atoms with Crippen molar-refractivity contribution in [2.24, 2.45) is 0 Å². The second kappa shape index (κ2) is 6.21. The largest absolute Gasteiger partial charge is 0.310 e. The highest BCUT2D eigenvalue weighted by Gasteiger charge is 2.32. The molecule has 1 amide bonds. The molecule has 2 heterocycles. The van der Waals surface area contributed by atoms with E-state index < -0.39 is 17.6 Å². The van der Waals surface area contributed by atoms with Gasteiger partial charge < -0.3 is 5.32 Å². The minimum absolute atomic E-state index is 0.0214. The summed E-state index contributed by atoms with van der Waals surface area (Å²) in [6, 6.07) is 8.63. The van der Waals surface area contributed by atoms with Crippen molar-refractivity contribution < 1.29 is 13.6 Å². The minimum Gasteiger partial charge on any atom is -0.310 e. The molecule has 3 aromatic rings. The second-order valence-electron chi connectivity index (χ2n) is 6.22. The van der Waals surface area contributed by atoms with E-state index in [-0.39, 0.29) is 17.9 Å². The molecule has 1 N–H and O–H groups in total. The normalized spacial score (nSPS) is 16.3. The molecule has 0 fully saturated rings. The molecule has 1 atom stereocenters. The zero-order valence-corrected chi connectivity index (χ0v) is 14.5. The predicted octanol–water partition coefficient (Wildman–Crippen LogP) is 4.59. The lowest BCUT2D eigenvalue weighted by molar-refractivity contribution is -0.116. The van der Waals surface area contributed by atoms with Crippen LogP contribution < -0.4 is 5.32 Å². The van der Waals surface area contributed by atoms with Crippen LogP contribution in [0.25, 0.3) is 5.69 Å². The van der Waals surface area contributed by atoms with E-state index in [2.05, 4.69) is 10.4 Å². The Balaban J connectivity index is 1.88. The number of halogens is 3. The van der Waals surface area contributed by atoms with Crippen LogP contribution >= 0.6 is 11.6 Å². The summed E-state index contributed by atoms with van der Waals surface area (Å²) in [5.74, 6) is -1.55. The number of nitrogens with zero attached hydrogens (tertiary/aromatic N) is 2. The molecule has 0 aliphatic carbocycles. The van der Waals surface area contributed by atoms with Gasteiger partial charge in [0, 0.05) is 22.9 Å². The maximum atomic E-state index is 14.3. The zero-order valence-electron chi connectivity index (χ0n) is 13.8. The molecular weight excluding hydrogens is 360 g/mol. The quantitative estimate of drug-likeness (QED) is 0.714. The van der Waals surface area contributed by atoms with E-state index in [4.69, 9.17) is 11.6 Å². The molecule has 0 saturated carbocycles. The molecule has 0 radical (unpaired) electrons. The summed E-state index contributed by atoms with van der Waals surface area (Å²) in [7, 11) is 0. The van der Waals surface area contributed by atoms with Crippen LogP contribution in [0.2, 0.25) is 5.02 Å². The lowest BCUT2D eigenvalue weighted by Gasteiger charge is -2.24. The summed E-state index contributed by atoms with van der Waals surface area (Å²) < 4.78 is 29.5. The van der Waals surface area contributed by atoms with E-state index >= 15 is 0 Å². The van der Waals surface area contributed by atoms with Gasteiger partial charge in [-0.2, -0.15) is 5.10 Å². The smallest absolute Gasteiger partial charge is 0.226 e. The van der Waals surface area contributed by atoms with Gasteiger partial charge in [-0.1, -0.05) is 17.7 Å². The first-order chi connectivity index (χ1) is 12.5. The molecule has 0 bridgehead atoms. The van der Waals surface area contributed by atoms with Crippen molar-refractivity contribution in [1.29, 1.82) is 0 Å². The van der Waals surface area contributed by atoms with Gasteiger partial charge in [0.15, 0.2) is 0 Å². The van der Waals surface area contributed by atoms with Crippen LogP contribution in [0.1, 0.15) is 29.0 Å². The monoisotopic (exact) mass is 373 g/mol. The summed E-state index contributed by atoms with van der Waals surface area (Å²) in [6.45, 7) is 1.85. The summed E-state index contributed by atoms with van der Waals surface area (Å²) in [6.07, 6.45) is 1.59. The first-order valence-corrected chi connectivity index (χ1v) is 8.41. The van der Waals surface area contributed by atoms with Crippen molar-refractivity contribution >= 4 is 23.3 Å². The number of carbonyl (C=O) groups excluding carboxylic acids is 1. The van der Waals surface area contributed by atoms with Gasteiger partial charge in [0.1, 0.15) is 17.5 Å². The highest BCUT2D eigenvalue weighted by Crippen LogP contribution is 2.39. The van der Waals surface area contributed by atoms with E-state index in [0.717, 1.165) is 23.8 Å². The Morgan fingerprint density at radius 2 is 2.04 bits per heavy atom. The molecule has 1 aromatic heterocycles. The lowest BCUT2D eigenvalue weighted by atomic mass is 9.87. The Hall–Kier alpha value is -2.73. The highest BCUT2D eigenvalue weighted by atomic mass is 35.5. The number of anilines is 1. The number of aromatic nitrogens is 2. The van der Waals surface area contributed by atoms with Gasteiger partial charge >= 0.3 is 0 Å². The maximum absolute atomic E-state index is 14.3. The van der Waals surface area contributed by atoms with Crippen LogP contribution in [0.5, 0.6) is 0 Å². The van der Waals surface area contributed by atoms with E-state index in [1.54, 1.807) is 23.0 Å². The van der Waals surface area contributed by atoms with E-state index in [1.807, 2.05) is 13.0 Å². The lowest BCUT2D eigenvalue weighted by Crippen LogP contribution is -2.25. The first kappa shape index (κ1) is 16.7. The number of rotatable bonds is 2. The number of hydrogen-bond acceptors (Lipinski definition) is 2. The third kappa shape index (κ3) is 2.66. The third-order valence-electron chi connectivity index (χ3n) is 4.62. The van der Waals surface area contributed by atoms with Gasteiger partial charge in [0.25, 0.3) is 0 Å². The van der Waals surface area contributed by atoms with E-state index in [9.17, 15) is 13.6 Å². The van der Waals surface area contributed by atoms with Crippen LogP contribution in [-0.4, -0.2) is 15.7 Å². The van der Waals surface area contributed by atoms with Gasteiger partial charge in [0.2, 0.25) is 5.91 Å². The molecule has 4 rings (SSSR count). The Kier molecular flexibility index (Phi) is 4.00. The number of benzene rings is 2. The minimum atomic E-state index is -0.609. The standard InChI is InChI=1S/C19H14ClF2N3O/c1-10-15(20)3-2-4-17(10)25-19-14(9-23-25)12(8-18(26)24-19)13-7-11(21)5-6-16(13)22/h2-7,9,12H,8H2,1H3,(H,24,26)/t12-/m0/s1. The van der Waals surface area contributed by atoms with Crippen LogP contribution in [0, 0.1) is 18.6 Å². The average molecular weight is 374 g/mol. The van der Waals surface area contributed by atoms with Crippen molar-refractivity contribution in [2.45, 2.75) is 19.3 Å². The fraction of sp³-hybridized carbons (Fsp3) is 0.158. The van der Waals surface area contributed by atoms with E-state index in [1.165, 1.54) is 0 Å². The van der Waals surface area contributed by atoms with Gasteiger partial charge in [-0.05, 0) is 48.4 Å². The van der Waals surface area contributed by atoms with Crippen LogP contribution in [0.15, 0.2) is 42.6 Å². The predicted molar refractivity (Wildman–Crippen MR) is 94.8 cm³/mol. The average Bonchev–Trinajstić information content (AvgIpc) is 3.02. The van der Waals surface area contributed by atoms with Gasteiger partial charge in [-0.15, -0.1) is 0 Å².